The van der Waals surface area contributed by atoms with Gasteiger partial charge >= 0.3 is 0 Å². The van der Waals surface area contributed by atoms with Crippen LogP contribution in [-0.4, -0.2) is 33.9 Å². The third-order valence-corrected chi connectivity index (χ3v) is 5.51. The lowest BCUT2D eigenvalue weighted by Gasteiger charge is -2.30. The van der Waals surface area contributed by atoms with E-state index in [-0.39, 0.29) is 11.9 Å². The molecule has 4 aromatic rings. The largest absolute Gasteiger partial charge is 0.350 e. The van der Waals surface area contributed by atoms with Crippen LogP contribution in [0.15, 0.2) is 67.0 Å². The molecule has 0 spiro atoms. The molecule has 0 unspecified atom stereocenters. The Morgan fingerprint density at radius 2 is 1.90 bits per heavy atom. The molecule has 0 radical (unpaired) electrons. The normalized spacial score (nSPS) is 14.9. The van der Waals surface area contributed by atoms with Crippen molar-refractivity contribution in [3.05, 3.63) is 78.1 Å². The first-order valence-corrected chi connectivity index (χ1v) is 9.75. The quantitative estimate of drug-likeness (QED) is 0.562. The van der Waals surface area contributed by atoms with Gasteiger partial charge in [0, 0.05) is 36.4 Å². The summed E-state index contributed by atoms with van der Waals surface area (Å²) in [6.45, 7) is 3.43. The van der Waals surface area contributed by atoms with Crippen LogP contribution in [0.3, 0.4) is 0 Å². The highest BCUT2D eigenvalue weighted by atomic mass is 16.1. The van der Waals surface area contributed by atoms with Crippen molar-refractivity contribution in [2.75, 3.05) is 18.0 Å². The molecular formula is C23H21N5O. The van der Waals surface area contributed by atoms with Crippen LogP contribution >= 0.6 is 0 Å². The zero-order valence-corrected chi connectivity index (χ0v) is 16.1. The summed E-state index contributed by atoms with van der Waals surface area (Å²) in [6.07, 6.45) is 3.69. The molecule has 0 bridgehead atoms. The van der Waals surface area contributed by atoms with Crippen molar-refractivity contribution in [2.45, 2.75) is 13.0 Å². The zero-order chi connectivity index (χ0) is 19.8. The molecule has 0 aliphatic carbocycles. The van der Waals surface area contributed by atoms with Gasteiger partial charge in [0.2, 0.25) is 0 Å². The molecule has 1 aliphatic rings. The lowest BCUT2D eigenvalue weighted by molar-refractivity contribution is 0.0958. The van der Waals surface area contributed by atoms with Crippen molar-refractivity contribution < 1.29 is 4.79 Å². The molecule has 1 atom stereocenters. The minimum atomic E-state index is -0.0811. The molecule has 0 saturated carbocycles. The van der Waals surface area contributed by atoms with Crippen LogP contribution in [0.25, 0.3) is 22.3 Å². The summed E-state index contributed by atoms with van der Waals surface area (Å²) in [5, 5.41) is 4.00. The number of pyridine rings is 2. The third kappa shape index (κ3) is 3.02. The fraction of sp³-hybridized carbons (Fsp3) is 0.174. The summed E-state index contributed by atoms with van der Waals surface area (Å²) in [4.78, 5) is 27.4. The number of hydrogen-bond donors (Lipinski definition) is 2. The highest BCUT2D eigenvalue weighted by molar-refractivity contribution is 6.01. The summed E-state index contributed by atoms with van der Waals surface area (Å²) >= 11 is 0. The Balaban J connectivity index is 1.64. The SMILES string of the molecule is C[C@@H](c1ccccc1)N1CCNC(=O)c2ccc(-c3c[nH]c4ncccc34)nc21. The Kier molecular flexibility index (Phi) is 4.24. The maximum Gasteiger partial charge on any atom is 0.255 e. The topological polar surface area (TPSA) is 73.9 Å². The minimum absolute atomic E-state index is 0.0811. The van der Waals surface area contributed by atoms with E-state index in [4.69, 9.17) is 4.98 Å². The van der Waals surface area contributed by atoms with Gasteiger partial charge in [0.1, 0.15) is 11.5 Å². The Hall–Kier alpha value is -3.67. The molecule has 1 aromatic carbocycles. The number of hydrogen-bond acceptors (Lipinski definition) is 4. The average Bonchev–Trinajstić information content (AvgIpc) is 3.13. The van der Waals surface area contributed by atoms with Gasteiger partial charge in [0.25, 0.3) is 5.91 Å². The molecule has 2 N–H and O–H groups in total. The number of H-pyrrole nitrogens is 1. The Morgan fingerprint density at radius 1 is 1.03 bits per heavy atom. The Labute approximate surface area is 168 Å². The number of nitrogens with one attached hydrogen (secondary N) is 2. The summed E-state index contributed by atoms with van der Waals surface area (Å²) in [6, 6.07) is 18.1. The first-order valence-electron chi connectivity index (χ1n) is 9.75. The van der Waals surface area contributed by atoms with E-state index in [1.165, 1.54) is 5.56 Å². The monoisotopic (exact) mass is 383 g/mol. The molecule has 5 rings (SSSR count). The molecule has 4 heterocycles. The minimum Gasteiger partial charge on any atom is -0.350 e. The number of fused-ring (bicyclic) bond motifs is 2. The average molecular weight is 383 g/mol. The van der Waals surface area contributed by atoms with Crippen LogP contribution in [0.4, 0.5) is 5.82 Å². The third-order valence-electron chi connectivity index (χ3n) is 5.51. The number of anilines is 1. The van der Waals surface area contributed by atoms with E-state index < -0.39 is 0 Å². The second-order valence-electron chi connectivity index (χ2n) is 7.21. The van der Waals surface area contributed by atoms with Crippen molar-refractivity contribution in [3.8, 4) is 11.3 Å². The number of carbonyl (C=O) groups excluding carboxylic acids is 1. The molecule has 0 fully saturated rings. The predicted octanol–water partition coefficient (Wildman–Crippen LogP) is 3.94. The standard InChI is InChI=1S/C23H21N5O/c1-15(16-6-3-2-4-7-16)28-13-12-25-23(29)18-9-10-20(27-22(18)28)19-14-26-21-17(19)8-5-11-24-21/h2-11,14-15H,12-13H2,1H3,(H,24,26)(H,25,29)/t15-/m0/s1. The van der Waals surface area contributed by atoms with Gasteiger partial charge in [0.05, 0.1) is 17.3 Å². The molecule has 0 saturated heterocycles. The van der Waals surface area contributed by atoms with Crippen LogP contribution in [-0.2, 0) is 0 Å². The fourth-order valence-corrected chi connectivity index (χ4v) is 3.94. The predicted molar refractivity (Wildman–Crippen MR) is 114 cm³/mol. The first kappa shape index (κ1) is 17.4. The van der Waals surface area contributed by atoms with Crippen LogP contribution in [0.5, 0.6) is 0 Å². The number of amides is 1. The number of carbonyl (C=O) groups is 1. The fourth-order valence-electron chi connectivity index (χ4n) is 3.94. The zero-order valence-electron chi connectivity index (χ0n) is 16.1. The second kappa shape index (κ2) is 7.05. The van der Waals surface area contributed by atoms with Crippen molar-refractivity contribution in [2.24, 2.45) is 0 Å². The van der Waals surface area contributed by atoms with Gasteiger partial charge in [-0.2, -0.15) is 0 Å². The van der Waals surface area contributed by atoms with Crippen LogP contribution in [0.2, 0.25) is 0 Å². The number of rotatable bonds is 3. The molecule has 29 heavy (non-hydrogen) atoms. The van der Waals surface area contributed by atoms with Gasteiger partial charge in [-0.05, 0) is 36.8 Å². The molecule has 1 aliphatic heterocycles. The molecule has 1 amide bonds. The van der Waals surface area contributed by atoms with Crippen molar-refractivity contribution >= 4 is 22.8 Å². The molecular weight excluding hydrogens is 362 g/mol. The maximum absolute atomic E-state index is 12.6. The van der Waals surface area contributed by atoms with Crippen LogP contribution < -0.4 is 10.2 Å². The lowest BCUT2D eigenvalue weighted by atomic mass is 10.1. The van der Waals surface area contributed by atoms with E-state index in [0.717, 1.165) is 22.3 Å². The second-order valence-corrected chi connectivity index (χ2v) is 7.21. The summed E-state index contributed by atoms with van der Waals surface area (Å²) < 4.78 is 0. The van der Waals surface area contributed by atoms with Crippen LogP contribution in [0.1, 0.15) is 28.9 Å². The summed E-state index contributed by atoms with van der Waals surface area (Å²) in [5.74, 6) is 0.634. The van der Waals surface area contributed by atoms with E-state index in [2.05, 4.69) is 39.2 Å². The van der Waals surface area contributed by atoms with Crippen molar-refractivity contribution in [3.63, 3.8) is 0 Å². The van der Waals surface area contributed by atoms with Crippen molar-refractivity contribution in [1.82, 2.24) is 20.3 Å². The van der Waals surface area contributed by atoms with Gasteiger partial charge < -0.3 is 15.2 Å². The maximum atomic E-state index is 12.6. The number of benzene rings is 1. The highest BCUT2D eigenvalue weighted by Gasteiger charge is 2.27. The number of nitrogens with zero attached hydrogens (tertiary/aromatic N) is 3. The number of aromatic nitrogens is 3. The van der Waals surface area contributed by atoms with Gasteiger partial charge in [-0.3, -0.25) is 4.79 Å². The highest BCUT2D eigenvalue weighted by Crippen LogP contribution is 2.33. The summed E-state index contributed by atoms with van der Waals surface area (Å²) in [5.41, 5.74) is 4.42. The Bertz CT molecular complexity index is 1180. The molecule has 144 valence electrons. The first-order chi connectivity index (χ1) is 14.2. The molecule has 6 nitrogen and oxygen atoms in total. The molecule has 3 aromatic heterocycles. The van der Waals surface area contributed by atoms with Crippen LogP contribution in [0, 0.1) is 0 Å². The molecule has 6 heteroatoms. The number of aromatic amines is 1. The van der Waals surface area contributed by atoms with E-state index >= 15 is 0 Å². The van der Waals surface area contributed by atoms with E-state index in [1.54, 1.807) is 6.20 Å². The van der Waals surface area contributed by atoms with Gasteiger partial charge in [-0.15, -0.1) is 0 Å². The van der Waals surface area contributed by atoms with Crippen molar-refractivity contribution in [1.29, 1.82) is 0 Å². The van der Waals surface area contributed by atoms with E-state index in [0.29, 0.717) is 24.5 Å². The van der Waals surface area contributed by atoms with Gasteiger partial charge in [-0.25, -0.2) is 9.97 Å². The van der Waals surface area contributed by atoms with E-state index in [9.17, 15) is 4.79 Å². The Morgan fingerprint density at radius 3 is 2.76 bits per heavy atom. The lowest BCUT2D eigenvalue weighted by Crippen LogP contribution is -2.32. The smallest absolute Gasteiger partial charge is 0.255 e. The van der Waals surface area contributed by atoms with Gasteiger partial charge in [0.15, 0.2) is 0 Å². The van der Waals surface area contributed by atoms with Gasteiger partial charge in [-0.1, -0.05) is 30.3 Å². The summed E-state index contributed by atoms with van der Waals surface area (Å²) in [7, 11) is 0. The van der Waals surface area contributed by atoms with E-state index in [1.807, 2.05) is 48.7 Å².